The average molecular weight is 578 g/mol. The molecule has 0 amide bonds. The number of hydrogen-bond donors (Lipinski definition) is 0. The maximum atomic E-state index is 13.4. The smallest absolute Gasteiger partial charge is 0.282 e. The van der Waals surface area contributed by atoms with Crippen molar-refractivity contribution in [2.45, 2.75) is 0 Å². The molecule has 9 heteroatoms. The summed E-state index contributed by atoms with van der Waals surface area (Å²) in [6.45, 7) is -0.111. The van der Waals surface area contributed by atoms with Crippen molar-refractivity contribution in [3.05, 3.63) is 91.6 Å². The number of nitriles is 1. The lowest BCUT2D eigenvalue weighted by molar-refractivity contribution is 0.367. The molecule has 5 rings (SSSR count). The Hall–Kier alpha value is -3.74. The van der Waals surface area contributed by atoms with Gasteiger partial charge in [-0.25, -0.2) is 4.98 Å². The van der Waals surface area contributed by atoms with E-state index in [0.717, 1.165) is 14.3 Å². The summed E-state index contributed by atoms with van der Waals surface area (Å²) in [6, 6.07) is 21.8. The Morgan fingerprint density at radius 3 is 2.74 bits per heavy atom. The first-order valence-electron chi connectivity index (χ1n) is 10.1. The Labute approximate surface area is 210 Å². The number of aromatic nitrogens is 2. The zero-order valence-electron chi connectivity index (χ0n) is 17.4. The van der Waals surface area contributed by atoms with Crippen molar-refractivity contribution in [2.24, 2.45) is 5.10 Å². The van der Waals surface area contributed by atoms with E-state index in [9.17, 15) is 4.79 Å². The molecular formula is C25H14Br2N4O3. The van der Waals surface area contributed by atoms with Crippen molar-refractivity contribution in [2.75, 3.05) is 6.61 Å². The van der Waals surface area contributed by atoms with E-state index < -0.39 is 0 Å². The molecule has 0 aliphatic rings. The van der Waals surface area contributed by atoms with Crippen LogP contribution in [-0.2, 0) is 0 Å². The van der Waals surface area contributed by atoms with Gasteiger partial charge in [-0.2, -0.15) is 15.0 Å². The molecule has 0 spiro atoms. The first kappa shape index (κ1) is 22.1. The number of nitrogens with zero attached hydrogens (tertiary/aromatic N) is 4. The lowest BCUT2D eigenvalue weighted by Crippen LogP contribution is -2.20. The van der Waals surface area contributed by atoms with Crippen molar-refractivity contribution < 1.29 is 9.15 Å². The Balaban J connectivity index is 1.70. The van der Waals surface area contributed by atoms with Crippen molar-refractivity contribution in [3.8, 4) is 23.4 Å². The molecule has 0 saturated heterocycles. The molecule has 0 N–H and O–H groups in total. The largest absolute Gasteiger partial charge is 0.478 e. The van der Waals surface area contributed by atoms with Crippen LogP contribution in [0.3, 0.4) is 0 Å². The first-order chi connectivity index (χ1) is 16.5. The van der Waals surface area contributed by atoms with Crippen LogP contribution in [0.1, 0.15) is 5.56 Å². The molecule has 2 aromatic heterocycles. The van der Waals surface area contributed by atoms with Gasteiger partial charge >= 0.3 is 0 Å². The van der Waals surface area contributed by atoms with Gasteiger partial charge in [0.25, 0.3) is 5.56 Å². The highest BCUT2D eigenvalue weighted by atomic mass is 79.9. The third-order valence-corrected chi connectivity index (χ3v) is 6.02. The maximum Gasteiger partial charge on any atom is 0.282 e. The van der Waals surface area contributed by atoms with Crippen LogP contribution in [0.25, 0.3) is 33.5 Å². The molecular weight excluding hydrogens is 564 g/mol. The predicted octanol–water partition coefficient (Wildman–Crippen LogP) is 6.12. The second-order valence-corrected chi connectivity index (χ2v) is 9.07. The van der Waals surface area contributed by atoms with E-state index in [2.05, 4.69) is 41.9 Å². The Morgan fingerprint density at radius 1 is 1.09 bits per heavy atom. The summed E-state index contributed by atoms with van der Waals surface area (Å²) in [5.74, 6) is 1.13. The third-order valence-electron chi connectivity index (χ3n) is 5.03. The molecule has 0 radical (unpaired) electrons. The summed E-state index contributed by atoms with van der Waals surface area (Å²) in [4.78, 5) is 18.1. The van der Waals surface area contributed by atoms with Crippen molar-refractivity contribution in [1.29, 1.82) is 5.26 Å². The summed E-state index contributed by atoms with van der Waals surface area (Å²) in [5, 5.41) is 14.6. The van der Waals surface area contributed by atoms with E-state index >= 15 is 0 Å². The molecule has 34 heavy (non-hydrogen) atoms. The normalized spacial score (nSPS) is 11.3. The van der Waals surface area contributed by atoms with E-state index in [1.165, 1.54) is 10.9 Å². The molecule has 0 aliphatic heterocycles. The van der Waals surface area contributed by atoms with Gasteiger partial charge in [0, 0.05) is 19.9 Å². The molecule has 7 nitrogen and oxygen atoms in total. The molecule has 5 aromatic rings. The summed E-state index contributed by atoms with van der Waals surface area (Å²) >= 11 is 6.90. The molecule has 0 fully saturated rings. The van der Waals surface area contributed by atoms with Crippen LogP contribution in [0.5, 0.6) is 5.75 Å². The number of benzene rings is 3. The highest BCUT2D eigenvalue weighted by molar-refractivity contribution is 9.10. The molecule has 3 aromatic carbocycles. The summed E-state index contributed by atoms with van der Waals surface area (Å²) < 4.78 is 14.4. The van der Waals surface area contributed by atoms with Gasteiger partial charge in [-0.1, -0.05) is 44.0 Å². The average Bonchev–Trinajstić information content (AvgIpc) is 3.26. The number of para-hydroxylation sites is 1. The highest BCUT2D eigenvalue weighted by Gasteiger charge is 2.17. The van der Waals surface area contributed by atoms with Gasteiger partial charge in [-0.05, 0) is 54.6 Å². The molecule has 0 aliphatic carbocycles. The third kappa shape index (κ3) is 4.25. The van der Waals surface area contributed by atoms with Gasteiger partial charge in [-0.15, -0.1) is 0 Å². The summed E-state index contributed by atoms with van der Waals surface area (Å²) in [5.41, 5.74) is 1.45. The van der Waals surface area contributed by atoms with Crippen LogP contribution in [-0.4, -0.2) is 22.5 Å². The first-order valence-corrected chi connectivity index (χ1v) is 11.7. The monoisotopic (exact) mass is 576 g/mol. The van der Waals surface area contributed by atoms with Gasteiger partial charge in [0.1, 0.15) is 17.4 Å². The lowest BCUT2D eigenvalue weighted by atomic mass is 10.2. The number of rotatable bonds is 5. The van der Waals surface area contributed by atoms with Crippen LogP contribution in [0.2, 0.25) is 0 Å². The van der Waals surface area contributed by atoms with Crippen LogP contribution in [0.15, 0.2) is 90.0 Å². The molecule has 2 heterocycles. The fraction of sp³-hybridized carbons (Fsp3) is 0.0400. The van der Waals surface area contributed by atoms with Crippen LogP contribution in [0, 0.1) is 11.3 Å². The van der Waals surface area contributed by atoms with Crippen LogP contribution in [0.4, 0.5) is 0 Å². The van der Waals surface area contributed by atoms with Gasteiger partial charge in [-0.3, -0.25) is 4.79 Å². The number of furan rings is 1. The summed E-state index contributed by atoms with van der Waals surface area (Å²) in [7, 11) is 0. The van der Waals surface area contributed by atoms with E-state index in [1.807, 2.05) is 36.4 Å². The van der Waals surface area contributed by atoms with E-state index in [4.69, 9.17) is 14.4 Å². The van der Waals surface area contributed by atoms with Crippen molar-refractivity contribution in [1.82, 2.24) is 9.66 Å². The fourth-order valence-electron chi connectivity index (χ4n) is 3.50. The second-order valence-electron chi connectivity index (χ2n) is 7.24. The fourth-order valence-corrected chi connectivity index (χ4v) is 4.25. The number of halogens is 2. The van der Waals surface area contributed by atoms with Gasteiger partial charge in [0.2, 0.25) is 5.82 Å². The minimum absolute atomic E-state index is 0.111. The topological polar surface area (TPSA) is 93.4 Å². The van der Waals surface area contributed by atoms with Gasteiger partial charge in [0.15, 0.2) is 12.4 Å². The SMILES string of the molecule is N#CCOc1ccc(Br)cc1C=Nn1c(-c2cc3cc(Br)ccc3o2)nc2ccccc2c1=O. The number of hydrogen-bond acceptors (Lipinski definition) is 6. The minimum atomic E-state index is -0.340. The van der Waals surface area contributed by atoms with Gasteiger partial charge < -0.3 is 9.15 Å². The van der Waals surface area contributed by atoms with Crippen LogP contribution >= 0.6 is 31.9 Å². The molecule has 0 atom stereocenters. The number of ether oxygens (including phenoxy) is 1. The predicted molar refractivity (Wildman–Crippen MR) is 137 cm³/mol. The van der Waals surface area contributed by atoms with E-state index in [1.54, 1.807) is 36.4 Å². The van der Waals surface area contributed by atoms with E-state index in [0.29, 0.717) is 33.6 Å². The summed E-state index contributed by atoms with van der Waals surface area (Å²) in [6.07, 6.45) is 1.50. The number of fused-ring (bicyclic) bond motifs is 2. The molecule has 166 valence electrons. The quantitative estimate of drug-likeness (QED) is 0.235. The maximum absolute atomic E-state index is 13.4. The molecule has 0 bridgehead atoms. The standard InChI is InChI=1S/C25H14Br2N4O3/c26-17-6-8-22-15(11-17)13-23(34-22)24-30-20-4-2-1-3-19(20)25(32)31(24)29-14-16-12-18(27)5-7-21(16)33-10-9-28/h1-8,11-14H,10H2. The Morgan fingerprint density at radius 2 is 1.88 bits per heavy atom. The second kappa shape index (κ2) is 9.25. The lowest BCUT2D eigenvalue weighted by Gasteiger charge is -2.09. The van der Waals surface area contributed by atoms with Crippen molar-refractivity contribution in [3.63, 3.8) is 0 Å². The molecule has 0 saturated carbocycles. The zero-order chi connectivity index (χ0) is 23.7. The van der Waals surface area contributed by atoms with Crippen LogP contribution < -0.4 is 10.3 Å². The zero-order valence-corrected chi connectivity index (χ0v) is 20.6. The highest BCUT2D eigenvalue weighted by Crippen LogP contribution is 2.29. The Kier molecular flexibility index (Phi) is 6.01. The Bertz CT molecular complexity index is 1680. The minimum Gasteiger partial charge on any atom is -0.478 e. The van der Waals surface area contributed by atoms with Gasteiger partial charge in [0.05, 0.1) is 17.1 Å². The molecule has 0 unspecified atom stereocenters. The van der Waals surface area contributed by atoms with Crippen molar-refractivity contribution >= 4 is 59.9 Å². The van der Waals surface area contributed by atoms with E-state index in [-0.39, 0.29) is 18.0 Å².